The van der Waals surface area contributed by atoms with E-state index in [1.165, 1.54) is 12.1 Å². The highest BCUT2D eigenvalue weighted by Crippen LogP contribution is 2.44. The van der Waals surface area contributed by atoms with Gasteiger partial charge in [-0.1, -0.05) is 27.2 Å². The zero-order valence-electron chi connectivity index (χ0n) is 15.3. The SMILES string of the molecule is CCCCOc1c(C=C2Nc3ccc(S(=O)(=O)O)cc3C2(C)C)c(=O)c1=O. The summed E-state index contributed by atoms with van der Waals surface area (Å²) in [5.41, 5.74) is 0.311. The van der Waals surface area contributed by atoms with E-state index in [-0.39, 0.29) is 16.2 Å². The van der Waals surface area contributed by atoms with Gasteiger partial charge in [0.2, 0.25) is 5.43 Å². The van der Waals surface area contributed by atoms with E-state index in [9.17, 15) is 22.6 Å². The van der Waals surface area contributed by atoms with Gasteiger partial charge in [-0.3, -0.25) is 14.1 Å². The van der Waals surface area contributed by atoms with Gasteiger partial charge in [-0.2, -0.15) is 8.42 Å². The Morgan fingerprint density at radius 2 is 1.93 bits per heavy atom. The van der Waals surface area contributed by atoms with Crippen LogP contribution in [0.4, 0.5) is 5.69 Å². The summed E-state index contributed by atoms with van der Waals surface area (Å²) in [7, 11) is -4.32. The van der Waals surface area contributed by atoms with Crippen LogP contribution in [0, 0.1) is 0 Å². The smallest absolute Gasteiger partial charge is 0.294 e. The molecule has 0 aliphatic carbocycles. The lowest BCUT2D eigenvalue weighted by Crippen LogP contribution is -2.36. The van der Waals surface area contributed by atoms with Gasteiger partial charge in [0.1, 0.15) is 0 Å². The van der Waals surface area contributed by atoms with Gasteiger partial charge in [-0.15, -0.1) is 0 Å². The molecular weight excluding hydrogens is 370 g/mol. The average Bonchev–Trinajstić information content (AvgIpc) is 2.86. The Labute approximate surface area is 157 Å². The molecule has 0 saturated heterocycles. The maximum absolute atomic E-state index is 12.0. The molecule has 0 fully saturated rings. The van der Waals surface area contributed by atoms with Crippen LogP contribution >= 0.6 is 0 Å². The van der Waals surface area contributed by atoms with Crippen LogP contribution in [-0.4, -0.2) is 19.6 Å². The van der Waals surface area contributed by atoms with E-state index in [1.54, 1.807) is 12.1 Å². The van der Waals surface area contributed by atoms with E-state index < -0.39 is 26.4 Å². The average molecular weight is 391 g/mol. The van der Waals surface area contributed by atoms with E-state index in [1.807, 2.05) is 20.8 Å². The molecule has 0 amide bonds. The Bertz CT molecular complexity index is 1100. The summed E-state index contributed by atoms with van der Waals surface area (Å²) >= 11 is 0. The molecule has 1 heterocycles. The molecular formula is C19H21NO6S. The molecule has 0 radical (unpaired) electrons. The van der Waals surface area contributed by atoms with Crippen LogP contribution < -0.4 is 20.9 Å². The van der Waals surface area contributed by atoms with Crippen molar-refractivity contribution >= 4 is 21.9 Å². The summed E-state index contributed by atoms with van der Waals surface area (Å²) < 4.78 is 37.6. The standard InChI is InChI=1S/C19H21NO6S/c1-4-5-8-26-18-12(16(21)17(18)22)10-15-19(2,3)13-9-11(27(23,24)25)6-7-14(13)20-15/h6-7,9-10,20H,4-5,8H2,1-3H3,(H,23,24,25). The summed E-state index contributed by atoms with van der Waals surface area (Å²) in [6, 6.07) is 4.26. The van der Waals surface area contributed by atoms with Crippen LogP contribution in [0.15, 0.2) is 38.4 Å². The van der Waals surface area contributed by atoms with E-state index >= 15 is 0 Å². The summed E-state index contributed by atoms with van der Waals surface area (Å²) in [6.07, 6.45) is 3.27. The molecule has 2 N–H and O–H groups in total. The summed E-state index contributed by atoms with van der Waals surface area (Å²) in [5, 5.41) is 3.16. The van der Waals surface area contributed by atoms with E-state index in [2.05, 4.69) is 5.32 Å². The molecule has 0 saturated carbocycles. The van der Waals surface area contributed by atoms with Crippen LogP contribution in [0.5, 0.6) is 5.75 Å². The van der Waals surface area contributed by atoms with E-state index in [0.717, 1.165) is 12.8 Å². The maximum Gasteiger partial charge on any atom is 0.294 e. The van der Waals surface area contributed by atoms with Crippen molar-refractivity contribution in [3.63, 3.8) is 0 Å². The number of hydrogen-bond acceptors (Lipinski definition) is 6. The lowest BCUT2D eigenvalue weighted by atomic mass is 9.83. The third-order valence-corrected chi connectivity index (χ3v) is 5.69. The topological polar surface area (TPSA) is 110 Å². The number of nitrogens with one attached hydrogen (secondary N) is 1. The zero-order chi connectivity index (χ0) is 20.0. The highest BCUT2D eigenvalue weighted by molar-refractivity contribution is 7.85. The van der Waals surface area contributed by atoms with Crippen molar-refractivity contribution in [1.29, 1.82) is 0 Å². The van der Waals surface area contributed by atoms with Gasteiger partial charge in [-0.25, -0.2) is 0 Å². The van der Waals surface area contributed by atoms with Gasteiger partial charge in [0, 0.05) is 16.8 Å². The number of hydrogen-bond donors (Lipinski definition) is 2. The van der Waals surface area contributed by atoms with Gasteiger partial charge >= 0.3 is 0 Å². The third-order valence-electron chi connectivity index (χ3n) is 4.84. The molecule has 0 unspecified atom stereocenters. The predicted octanol–water partition coefficient (Wildman–Crippen LogP) is 2.45. The number of anilines is 1. The maximum atomic E-state index is 12.0. The molecule has 3 rings (SSSR count). The first-order valence-electron chi connectivity index (χ1n) is 8.64. The van der Waals surface area contributed by atoms with Gasteiger partial charge in [0.25, 0.3) is 15.5 Å². The fourth-order valence-corrected chi connectivity index (χ4v) is 3.61. The lowest BCUT2D eigenvalue weighted by Gasteiger charge is -2.21. The molecule has 0 atom stereocenters. The van der Waals surface area contributed by atoms with Gasteiger partial charge in [-0.05, 0) is 36.3 Å². The van der Waals surface area contributed by atoms with Crippen molar-refractivity contribution in [2.75, 3.05) is 11.9 Å². The largest absolute Gasteiger partial charge is 0.489 e. The molecule has 1 aliphatic rings. The molecule has 2 aromatic carbocycles. The minimum atomic E-state index is -4.32. The molecule has 0 aromatic heterocycles. The molecule has 0 spiro atoms. The summed E-state index contributed by atoms with van der Waals surface area (Å²) in [6.45, 7) is 6.08. The monoisotopic (exact) mass is 391 g/mol. The first kappa shape index (κ1) is 19.3. The number of allylic oxidation sites excluding steroid dienone is 1. The summed E-state index contributed by atoms with van der Waals surface area (Å²) in [4.78, 5) is 23.6. The van der Waals surface area contributed by atoms with Crippen molar-refractivity contribution in [1.82, 2.24) is 0 Å². The van der Waals surface area contributed by atoms with Crippen molar-refractivity contribution in [2.24, 2.45) is 0 Å². The molecule has 8 heteroatoms. The second kappa shape index (κ2) is 6.61. The molecule has 144 valence electrons. The molecule has 2 aromatic rings. The highest BCUT2D eigenvalue weighted by atomic mass is 32.2. The Hall–Kier alpha value is -2.45. The minimum absolute atomic E-state index is 0.0770. The minimum Gasteiger partial charge on any atom is -0.489 e. The molecule has 1 aliphatic heterocycles. The molecule has 7 nitrogen and oxygen atoms in total. The fourth-order valence-electron chi connectivity index (χ4n) is 3.10. The number of ether oxygens (including phenoxy) is 1. The third kappa shape index (κ3) is 3.30. The molecule has 27 heavy (non-hydrogen) atoms. The quantitative estimate of drug-likeness (QED) is 0.442. The van der Waals surface area contributed by atoms with Crippen LogP contribution in [0.25, 0.3) is 6.08 Å². The van der Waals surface area contributed by atoms with Crippen LogP contribution in [0.1, 0.15) is 44.7 Å². The van der Waals surface area contributed by atoms with Crippen LogP contribution in [0.2, 0.25) is 0 Å². The second-order valence-electron chi connectivity index (χ2n) is 7.09. The molecule has 0 bridgehead atoms. The predicted molar refractivity (Wildman–Crippen MR) is 103 cm³/mol. The Morgan fingerprint density at radius 1 is 1.22 bits per heavy atom. The Morgan fingerprint density at radius 3 is 2.56 bits per heavy atom. The fraction of sp³-hybridized carbons (Fsp3) is 0.368. The number of unbranched alkanes of at least 4 members (excludes halogenated alkanes) is 1. The Kier molecular flexibility index (Phi) is 4.73. The highest BCUT2D eigenvalue weighted by Gasteiger charge is 2.36. The Balaban J connectivity index is 1.99. The van der Waals surface area contributed by atoms with Gasteiger partial charge < -0.3 is 10.1 Å². The summed E-state index contributed by atoms with van der Waals surface area (Å²) in [5.74, 6) is 0.0770. The van der Waals surface area contributed by atoms with E-state index in [0.29, 0.717) is 23.6 Å². The van der Waals surface area contributed by atoms with Crippen molar-refractivity contribution < 1.29 is 17.7 Å². The van der Waals surface area contributed by atoms with Gasteiger partial charge in [0.05, 0.1) is 17.1 Å². The normalized spacial score (nSPS) is 17.1. The number of benzene rings is 1. The van der Waals surface area contributed by atoms with Crippen LogP contribution in [-0.2, 0) is 15.5 Å². The lowest BCUT2D eigenvalue weighted by molar-refractivity contribution is 0.302. The number of fused-ring (bicyclic) bond motifs is 1. The van der Waals surface area contributed by atoms with Crippen molar-refractivity contribution in [2.45, 2.75) is 43.9 Å². The first-order chi connectivity index (χ1) is 12.6. The van der Waals surface area contributed by atoms with Crippen molar-refractivity contribution in [3.8, 4) is 5.75 Å². The van der Waals surface area contributed by atoms with Crippen LogP contribution in [0.3, 0.4) is 0 Å². The van der Waals surface area contributed by atoms with Crippen molar-refractivity contribution in [3.05, 3.63) is 55.5 Å². The second-order valence-corrected chi connectivity index (χ2v) is 8.52. The number of rotatable bonds is 6. The van der Waals surface area contributed by atoms with Gasteiger partial charge in [0.15, 0.2) is 5.75 Å². The zero-order valence-corrected chi connectivity index (χ0v) is 16.1. The van der Waals surface area contributed by atoms with E-state index in [4.69, 9.17) is 4.74 Å². The first-order valence-corrected chi connectivity index (χ1v) is 10.1.